The van der Waals surface area contributed by atoms with Crippen LogP contribution in [0.4, 0.5) is 0 Å². The van der Waals surface area contributed by atoms with Crippen molar-refractivity contribution in [2.24, 2.45) is 5.41 Å². The van der Waals surface area contributed by atoms with Gasteiger partial charge in [-0.2, -0.15) is 0 Å². The molecule has 1 amide bonds. The van der Waals surface area contributed by atoms with Gasteiger partial charge in [0, 0.05) is 19.5 Å². The van der Waals surface area contributed by atoms with Gasteiger partial charge in [-0.05, 0) is 44.2 Å². The smallest absolute Gasteiger partial charge is 0.223 e. The van der Waals surface area contributed by atoms with Gasteiger partial charge in [-0.25, -0.2) is 0 Å². The maximum atomic E-state index is 12.3. The van der Waals surface area contributed by atoms with E-state index in [1.54, 1.807) is 0 Å². The van der Waals surface area contributed by atoms with Gasteiger partial charge in [0.05, 0.1) is 0 Å². The van der Waals surface area contributed by atoms with Crippen LogP contribution in [0.5, 0.6) is 0 Å². The van der Waals surface area contributed by atoms with Crippen LogP contribution in [0.2, 0.25) is 0 Å². The fourth-order valence-electron chi connectivity index (χ4n) is 2.13. The molecule has 0 saturated heterocycles. The lowest BCUT2D eigenvalue weighted by atomic mass is 9.91. The molecule has 3 nitrogen and oxygen atoms in total. The molecule has 0 aromatic rings. The van der Waals surface area contributed by atoms with Crippen LogP contribution in [0.15, 0.2) is 0 Å². The second kappa shape index (κ2) is 11.1. The molecule has 0 heterocycles. The zero-order chi connectivity index (χ0) is 15.4. The number of carbonyl (C=O) groups is 1. The molecule has 120 valence electrons. The molecule has 0 spiro atoms. The Morgan fingerprint density at radius 1 is 0.950 bits per heavy atom. The highest BCUT2D eigenvalue weighted by Crippen LogP contribution is 2.20. The Kier molecular flexibility index (Phi) is 10.8. The Morgan fingerprint density at radius 3 is 2.15 bits per heavy atom. The van der Waals surface area contributed by atoms with Crippen LogP contribution in [-0.2, 0) is 4.79 Å². The van der Waals surface area contributed by atoms with Crippen molar-refractivity contribution < 1.29 is 4.79 Å². The maximum Gasteiger partial charge on any atom is 0.223 e. The summed E-state index contributed by atoms with van der Waals surface area (Å²) in [4.78, 5) is 14.4. The highest BCUT2D eigenvalue weighted by atomic mass is 16.2. The first-order valence-corrected chi connectivity index (χ1v) is 8.39. The van der Waals surface area contributed by atoms with Gasteiger partial charge in [0.25, 0.3) is 0 Å². The van der Waals surface area contributed by atoms with E-state index >= 15 is 0 Å². The van der Waals surface area contributed by atoms with Crippen LogP contribution in [-0.4, -0.2) is 37.0 Å². The molecular weight excluding hydrogens is 248 g/mol. The van der Waals surface area contributed by atoms with Gasteiger partial charge in [0.1, 0.15) is 0 Å². The topological polar surface area (TPSA) is 32.3 Å². The lowest BCUT2D eigenvalue weighted by molar-refractivity contribution is -0.133. The van der Waals surface area contributed by atoms with Gasteiger partial charge >= 0.3 is 0 Å². The number of hydrogen-bond acceptors (Lipinski definition) is 2. The van der Waals surface area contributed by atoms with Gasteiger partial charge in [-0.3, -0.25) is 4.79 Å². The summed E-state index contributed by atoms with van der Waals surface area (Å²) in [6, 6.07) is 0. The summed E-state index contributed by atoms with van der Waals surface area (Å²) >= 11 is 0. The Balaban J connectivity index is 4.04. The first-order chi connectivity index (χ1) is 9.40. The lowest BCUT2D eigenvalue weighted by Crippen LogP contribution is -2.35. The second-order valence-corrected chi connectivity index (χ2v) is 6.93. The molecule has 0 fully saturated rings. The summed E-state index contributed by atoms with van der Waals surface area (Å²) in [6.45, 7) is 14.8. The Bertz CT molecular complexity index is 246. The van der Waals surface area contributed by atoms with E-state index in [9.17, 15) is 4.79 Å². The first-order valence-electron chi connectivity index (χ1n) is 8.39. The molecule has 0 atom stereocenters. The molecule has 0 aromatic heterocycles. The summed E-state index contributed by atoms with van der Waals surface area (Å²) in [7, 11) is 0. The van der Waals surface area contributed by atoms with E-state index in [4.69, 9.17) is 0 Å². The van der Waals surface area contributed by atoms with Gasteiger partial charge in [-0.1, -0.05) is 41.0 Å². The zero-order valence-corrected chi connectivity index (χ0v) is 14.4. The summed E-state index contributed by atoms with van der Waals surface area (Å²) in [5.74, 6) is 0.326. The third kappa shape index (κ3) is 11.3. The maximum absolute atomic E-state index is 12.3. The van der Waals surface area contributed by atoms with Crippen molar-refractivity contribution in [3.8, 4) is 0 Å². The van der Waals surface area contributed by atoms with Crippen molar-refractivity contribution in [1.29, 1.82) is 0 Å². The van der Waals surface area contributed by atoms with Crippen LogP contribution in [0.25, 0.3) is 0 Å². The van der Waals surface area contributed by atoms with Crippen LogP contribution in [0.3, 0.4) is 0 Å². The highest BCUT2D eigenvalue weighted by Gasteiger charge is 2.20. The monoisotopic (exact) mass is 284 g/mol. The minimum atomic E-state index is 0.0875. The molecule has 0 aliphatic rings. The SMILES string of the molecule is CCCCN(CCCCNCCC)C(=O)CC(C)(C)C. The molecule has 0 aromatic carbocycles. The molecule has 1 N–H and O–H groups in total. The van der Waals surface area contributed by atoms with Crippen LogP contribution in [0, 0.1) is 5.41 Å². The number of nitrogens with one attached hydrogen (secondary N) is 1. The third-order valence-electron chi connectivity index (χ3n) is 3.27. The quantitative estimate of drug-likeness (QED) is 0.585. The molecule has 3 heteroatoms. The van der Waals surface area contributed by atoms with Crippen LogP contribution < -0.4 is 5.32 Å². The average Bonchev–Trinajstić information content (AvgIpc) is 2.34. The summed E-state index contributed by atoms with van der Waals surface area (Å²) in [5, 5.41) is 3.42. The predicted molar refractivity (Wildman–Crippen MR) is 88.0 cm³/mol. The minimum Gasteiger partial charge on any atom is -0.343 e. The second-order valence-electron chi connectivity index (χ2n) is 6.93. The molecule has 0 bridgehead atoms. The summed E-state index contributed by atoms with van der Waals surface area (Å²) in [6.07, 6.45) is 6.38. The van der Waals surface area contributed by atoms with E-state index in [2.05, 4.69) is 44.8 Å². The van der Waals surface area contributed by atoms with E-state index in [1.165, 1.54) is 6.42 Å². The van der Waals surface area contributed by atoms with Crippen molar-refractivity contribution in [2.75, 3.05) is 26.2 Å². The fourth-order valence-corrected chi connectivity index (χ4v) is 2.13. The number of amides is 1. The van der Waals surface area contributed by atoms with Gasteiger partial charge < -0.3 is 10.2 Å². The number of rotatable bonds is 11. The Morgan fingerprint density at radius 2 is 1.60 bits per heavy atom. The van der Waals surface area contributed by atoms with Crippen LogP contribution in [0.1, 0.15) is 73.1 Å². The molecule has 0 radical (unpaired) electrons. The van der Waals surface area contributed by atoms with Gasteiger partial charge in [0.2, 0.25) is 5.91 Å². The van der Waals surface area contributed by atoms with Crippen molar-refractivity contribution in [3.05, 3.63) is 0 Å². The largest absolute Gasteiger partial charge is 0.343 e. The molecule has 0 saturated carbocycles. The van der Waals surface area contributed by atoms with E-state index < -0.39 is 0 Å². The minimum absolute atomic E-state index is 0.0875. The van der Waals surface area contributed by atoms with Crippen LogP contribution >= 0.6 is 0 Å². The summed E-state index contributed by atoms with van der Waals surface area (Å²) in [5.41, 5.74) is 0.0875. The van der Waals surface area contributed by atoms with Gasteiger partial charge in [-0.15, -0.1) is 0 Å². The number of hydrogen-bond donors (Lipinski definition) is 1. The van der Waals surface area contributed by atoms with E-state index in [0.717, 1.165) is 51.9 Å². The molecular formula is C17H36N2O. The normalized spacial score (nSPS) is 11.7. The standard InChI is InChI=1S/C17H36N2O/c1-6-8-13-19(16(20)15-17(3,4)5)14-10-9-12-18-11-7-2/h18H,6-15H2,1-5H3. The fraction of sp³-hybridized carbons (Fsp3) is 0.941. The number of nitrogens with zero attached hydrogens (tertiary/aromatic N) is 1. The number of unbranched alkanes of at least 4 members (excludes halogenated alkanes) is 2. The van der Waals surface area contributed by atoms with Crippen molar-refractivity contribution in [3.63, 3.8) is 0 Å². The van der Waals surface area contributed by atoms with E-state index in [-0.39, 0.29) is 5.41 Å². The number of carbonyl (C=O) groups excluding carboxylic acids is 1. The van der Waals surface area contributed by atoms with E-state index in [1.807, 2.05) is 0 Å². The van der Waals surface area contributed by atoms with Gasteiger partial charge in [0.15, 0.2) is 0 Å². The molecule has 0 unspecified atom stereocenters. The Hall–Kier alpha value is -0.570. The lowest BCUT2D eigenvalue weighted by Gasteiger charge is -2.26. The zero-order valence-electron chi connectivity index (χ0n) is 14.4. The predicted octanol–water partition coefficient (Wildman–Crippen LogP) is 3.83. The molecule has 0 rings (SSSR count). The molecule has 0 aliphatic heterocycles. The third-order valence-corrected chi connectivity index (χ3v) is 3.27. The van der Waals surface area contributed by atoms with Crippen molar-refractivity contribution in [2.45, 2.75) is 73.1 Å². The summed E-state index contributed by atoms with van der Waals surface area (Å²) < 4.78 is 0. The van der Waals surface area contributed by atoms with Crippen molar-refractivity contribution >= 4 is 5.91 Å². The average molecular weight is 284 g/mol. The van der Waals surface area contributed by atoms with E-state index in [0.29, 0.717) is 12.3 Å². The molecule has 20 heavy (non-hydrogen) atoms. The first kappa shape index (κ1) is 19.4. The highest BCUT2D eigenvalue weighted by molar-refractivity contribution is 5.76. The Labute approximate surface area is 126 Å². The van der Waals surface area contributed by atoms with Crippen molar-refractivity contribution in [1.82, 2.24) is 10.2 Å². The molecule has 0 aliphatic carbocycles.